The van der Waals surface area contributed by atoms with Gasteiger partial charge in [-0.2, -0.15) is 0 Å². The number of hydrogen-bond acceptors (Lipinski definition) is 2. The average molecular weight is 219 g/mol. The Bertz CT molecular complexity index is 319. The van der Waals surface area contributed by atoms with Crippen LogP contribution in [0.2, 0.25) is 10.0 Å². The molecule has 3 nitrogen and oxygen atoms in total. The van der Waals surface area contributed by atoms with Gasteiger partial charge in [0.15, 0.2) is 5.84 Å². The predicted molar refractivity (Wildman–Crippen MR) is 54.2 cm³/mol. The summed E-state index contributed by atoms with van der Waals surface area (Å²) in [6.07, 6.45) is 0. The number of nitrogens with zero attached hydrogens (tertiary/aromatic N) is 1. The molecule has 0 atom stereocenters. The number of hydrogen-bond donors (Lipinski definition) is 1. The number of amidine groups is 1. The van der Waals surface area contributed by atoms with E-state index in [2.05, 4.69) is 9.99 Å². The zero-order valence-corrected chi connectivity index (χ0v) is 8.43. The van der Waals surface area contributed by atoms with Gasteiger partial charge in [0.25, 0.3) is 0 Å². The molecule has 0 amide bonds. The fraction of sp³-hybridized carbons (Fsp3) is 0.125. The van der Waals surface area contributed by atoms with Gasteiger partial charge in [0, 0.05) is 0 Å². The Hall–Kier alpha value is -0.930. The maximum atomic E-state index is 5.86. The Morgan fingerprint density at radius 1 is 1.38 bits per heavy atom. The van der Waals surface area contributed by atoms with E-state index in [9.17, 15) is 0 Å². The maximum absolute atomic E-state index is 5.86. The minimum Gasteiger partial charge on any atom is -0.397 e. The molecule has 1 rings (SSSR count). The second-order valence-corrected chi connectivity index (χ2v) is 3.07. The van der Waals surface area contributed by atoms with Crippen molar-refractivity contribution in [3.05, 3.63) is 33.8 Å². The summed E-state index contributed by atoms with van der Waals surface area (Å²) in [5.41, 5.74) is 6.06. The Labute approximate surface area is 86.1 Å². The van der Waals surface area contributed by atoms with E-state index >= 15 is 0 Å². The molecule has 0 unspecified atom stereocenters. The van der Waals surface area contributed by atoms with Crippen molar-refractivity contribution in [2.45, 2.75) is 0 Å². The second-order valence-electron chi connectivity index (χ2n) is 2.26. The fourth-order valence-corrected chi connectivity index (χ4v) is 1.48. The van der Waals surface area contributed by atoms with Crippen LogP contribution in [-0.4, -0.2) is 12.9 Å². The van der Waals surface area contributed by atoms with Crippen LogP contribution in [0.4, 0.5) is 0 Å². The maximum Gasteiger partial charge on any atom is 0.173 e. The molecule has 0 aromatic heterocycles. The Morgan fingerprint density at radius 3 is 2.38 bits per heavy atom. The van der Waals surface area contributed by atoms with Crippen LogP contribution in [-0.2, 0) is 4.84 Å². The highest BCUT2D eigenvalue weighted by molar-refractivity contribution is 6.39. The fourth-order valence-electron chi connectivity index (χ4n) is 0.887. The lowest BCUT2D eigenvalue weighted by molar-refractivity contribution is 0.213. The van der Waals surface area contributed by atoms with Crippen molar-refractivity contribution in [3.63, 3.8) is 0 Å². The van der Waals surface area contributed by atoms with Crippen molar-refractivity contribution < 1.29 is 4.84 Å². The molecular weight excluding hydrogens is 211 g/mol. The molecule has 0 aliphatic heterocycles. The standard InChI is InChI=1S/C8H8Cl2N2O/c1-13-12-8(11)7-5(9)3-2-4-6(7)10/h2-4H,1H3,(H2,11,12). The van der Waals surface area contributed by atoms with Crippen molar-refractivity contribution in [1.82, 2.24) is 0 Å². The van der Waals surface area contributed by atoms with Gasteiger partial charge in [0.1, 0.15) is 7.11 Å². The van der Waals surface area contributed by atoms with Crippen LogP contribution in [0.25, 0.3) is 0 Å². The van der Waals surface area contributed by atoms with Crippen molar-refractivity contribution in [2.75, 3.05) is 7.11 Å². The van der Waals surface area contributed by atoms with E-state index in [1.54, 1.807) is 18.2 Å². The number of rotatable bonds is 2. The molecule has 0 fully saturated rings. The van der Waals surface area contributed by atoms with E-state index < -0.39 is 0 Å². The Kier molecular flexibility index (Phi) is 3.39. The molecule has 0 radical (unpaired) electrons. The summed E-state index contributed by atoms with van der Waals surface area (Å²) >= 11 is 11.7. The van der Waals surface area contributed by atoms with E-state index in [-0.39, 0.29) is 5.84 Å². The summed E-state index contributed by atoms with van der Waals surface area (Å²) in [7, 11) is 1.40. The molecule has 0 bridgehead atoms. The summed E-state index contributed by atoms with van der Waals surface area (Å²) in [6.45, 7) is 0. The minimum atomic E-state index is 0.165. The van der Waals surface area contributed by atoms with Crippen LogP contribution in [0.1, 0.15) is 5.56 Å². The zero-order valence-electron chi connectivity index (χ0n) is 6.92. The molecule has 2 N–H and O–H groups in total. The van der Waals surface area contributed by atoms with E-state index in [1.807, 2.05) is 0 Å². The molecule has 1 aromatic rings. The second kappa shape index (κ2) is 4.35. The molecule has 5 heteroatoms. The summed E-state index contributed by atoms with van der Waals surface area (Å²) in [4.78, 5) is 4.51. The van der Waals surface area contributed by atoms with Crippen molar-refractivity contribution >= 4 is 29.0 Å². The normalized spacial score (nSPS) is 11.5. The highest BCUT2D eigenvalue weighted by Gasteiger charge is 2.09. The van der Waals surface area contributed by atoms with E-state index in [0.29, 0.717) is 15.6 Å². The summed E-state index contributed by atoms with van der Waals surface area (Å²) in [5, 5.41) is 4.44. The van der Waals surface area contributed by atoms with Gasteiger partial charge >= 0.3 is 0 Å². The average Bonchev–Trinajstić information content (AvgIpc) is 2.04. The zero-order chi connectivity index (χ0) is 9.84. The third-order valence-corrected chi connectivity index (χ3v) is 2.04. The summed E-state index contributed by atoms with van der Waals surface area (Å²) in [5.74, 6) is 0.165. The van der Waals surface area contributed by atoms with Crippen molar-refractivity contribution in [1.29, 1.82) is 0 Å². The lowest BCUT2D eigenvalue weighted by Crippen LogP contribution is -2.14. The SMILES string of the molecule is CO/N=C(/N)c1c(Cl)cccc1Cl. The minimum absolute atomic E-state index is 0.165. The monoisotopic (exact) mass is 218 g/mol. The van der Waals surface area contributed by atoms with Crippen LogP contribution in [0, 0.1) is 0 Å². The topological polar surface area (TPSA) is 47.6 Å². The molecule has 0 saturated carbocycles. The summed E-state index contributed by atoms with van der Waals surface area (Å²) in [6, 6.07) is 5.09. The first-order chi connectivity index (χ1) is 6.16. The van der Waals surface area contributed by atoms with Gasteiger partial charge in [-0.3, -0.25) is 0 Å². The van der Waals surface area contributed by atoms with Crippen molar-refractivity contribution in [3.8, 4) is 0 Å². The molecule has 70 valence electrons. The molecule has 0 aliphatic carbocycles. The van der Waals surface area contributed by atoms with Crippen LogP contribution >= 0.6 is 23.2 Å². The van der Waals surface area contributed by atoms with Gasteiger partial charge in [-0.1, -0.05) is 34.4 Å². The van der Waals surface area contributed by atoms with Crippen LogP contribution in [0.3, 0.4) is 0 Å². The quantitative estimate of drug-likeness (QED) is 0.471. The third-order valence-electron chi connectivity index (χ3n) is 1.41. The molecule has 0 saturated heterocycles. The Balaban J connectivity index is 3.20. The smallest absolute Gasteiger partial charge is 0.173 e. The summed E-state index contributed by atoms with van der Waals surface area (Å²) < 4.78 is 0. The number of benzene rings is 1. The molecule has 1 aromatic carbocycles. The highest BCUT2D eigenvalue weighted by Crippen LogP contribution is 2.23. The number of halogens is 2. The third kappa shape index (κ3) is 2.26. The number of oxime groups is 1. The van der Waals surface area contributed by atoms with Crippen LogP contribution in [0.5, 0.6) is 0 Å². The molecule has 0 aliphatic rings. The van der Waals surface area contributed by atoms with Gasteiger partial charge in [-0.25, -0.2) is 0 Å². The van der Waals surface area contributed by atoms with Crippen LogP contribution < -0.4 is 5.73 Å². The van der Waals surface area contributed by atoms with Gasteiger partial charge in [0.2, 0.25) is 0 Å². The lowest BCUT2D eigenvalue weighted by atomic mass is 10.2. The highest BCUT2D eigenvalue weighted by atomic mass is 35.5. The van der Waals surface area contributed by atoms with Gasteiger partial charge in [0.05, 0.1) is 15.6 Å². The Morgan fingerprint density at radius 2 is 1.92 bits per heavy atom. The first-order valence-corrected chi connectivity index (χ1v) is 4.23. The molecule has 13 heavy (non-hydrogen) atoms. The van der Waals surface area contributed by atoms with E-state index in [4.69, 9.17) is 28.9 Å². The molecular formula is C8H8Cl2N2O. The first kappa shape index (κ1) is 10.2. The molecule has 0 spiro atoms. The van der Waals surface area contributed by atoms with Gasteiger partial charge in [-0.05, 0) is 12.1 Å². The van der Waals surface area contributed by atoms with E-state index in [0.717, 1.165) is 0 Å². The van der Waals surface area contributed by atoms with Crippen molar-refractivity contribution in [2.24, 2.45) is 10.9 Å². The van der Waals surface area contributed by atoms with Gasteiger partial charge in [-0.15, -0.1) is 0 Å². The van der Waals surface area contributed by atoms with Gasteiger partial charge < -0.3 is 10.6 Å². The van der Waals surface area contributed by atoms with E-state index in [1.165, 1.54) is 7.11 Å². The lowest BCUT2D eigenvalue weighted by Gasteiger charge is -2.04. The van der Waals surface area contributed by atoms with Crippen LogP contribution in [0.15, 0.2) is 23.4 Å². The molecule has 0 heterocycles. The largest absolute Gasteiger partial charge is 0.397 e. The predicted octanol–water partition coefficient (Wildman–Crippen LogP) is 2.26. The first-order valence-electron chi connectivity index (χ1n) is 3.48. The number of nitrogens with two attached hydrogens (primary N) is 1.